The number of aliphatic hydroxyl groups excluding tert-OH is 1. The maximum atomic E-state index is 10.4. The minimum atomic E-state index is -0.518. The van der Waals surface area contributed by atoms with Gasteiger partial charge in [0.1, 0.15) is 5.75 Å². The van der Waals surface area contributed by atoms with Gasteiger partial charge in [0.2, 0.25) is 0 Å². The van der Waals surface area contributed by atoms with Crippen molar-refractivity contribution >= 4 is 0 Å². The van der Waals surface area contributed by atoms with Gasteiger partial charge >= 0.3 is 0 Å². The minimum absolute atomic E-state index is 0.131. The van der Waals surface area contributed by atoms with Gasteiger partial charge in [-0.05, 0) is 28.2 Å². The maximum absolute atomic E-state index is 10.4. The number of para-hydroxylation sites is 1. The molecule has 0 saturated carbocycles. The van der Waals surface area contributed by atoms with Gasteiger partial charge in [-0.2, -0.15) is 0 Å². The van der Waals surface area contributed by atoms with Crippen molar-refractivity contribution in [2.24, 2.45) is 0 Å². The maximum Gasteiger partial charge on any atom is 0.122 e. The number of hydrogen-bond donors (Lipinski definition) is 1. The van der Waals surface area contributed by atoms with Gasteiger partial charge < -0.3 is 9.84 Å². The molecule has 0 saturated heterocycles. The number of hydrogen-bond acceptors (Lipinski definition) is 2. The van der Waals surface area contributed by atoms with Crippen molar-refractivity contribution < 1.29 is 9.84 Å². The van der Waals surface area contributed by atoms with Crippen molar-refractivity contribution in [3.8, 4) is 5.75 Å². The van der Waals surface area contributed by atoms with Crippen LogP contribution in [0.2, 0.25) is 0 Å². The van der Waals surface area contributed by atoms with E-state index in [1.165, 1.54) is 5.56 Å². The molecule has 0 aliphatic carbocycles. The van der Waals surface area contributed by atoms with E-state index >= 15 is 0 Å². The van der Waals surface area contributed by atoms with Crippen LogP contribution in [0.5, 0.6) is 5.75 Å². The number of rotatable bonds is 4. The largest absolute Gasteiger partial charge is 0.496 e. The van der Waals surface area contributed by atoms with E-state index < -0.39 is 6.10 Å². The Labute approximate surface area is 127 Å². The Bertz CT molecular complexity index is 579. The summed E-state index contributed by atoms with van der Waals surface area (Å²) in [6.07, 6.45) is 0.0362. The number of methoxy groups -OCH3 is 1. The first kappa shape index (κ1) is 15.6. The fourth-order valence-corrected chi connectivity index (χ4v) is 2.40. The van der Waals surface area contributed by atoms with Crippen LogP contribution in [0.1, 0.15) is 43.6 Å². The fourth-order valence-electron chi connectivity index (χ4n) is 2.40. The molecule has 2 rings (SSSR count). The lowest BCUT2D eigenvalue weighted by Crippen LogP contribution is -2.11. The van der Waals surface area contributed by atoms with Crippen LogP contribution in [0.25, 0.3) is 0 Å². The first-order valence-corrected chi connectivity index (χ1v) is 7.32. The van der Waals surface area contributed by atoms with E-state index in [1.807, 2.05) is 36.4 Å². The van der Waals surface area contributed by atoms with Gasteiger partial charge in [0.15, 0.2) is 0 Å². The molecule has 0 bridgehead atoms. The van der Waals surface area contributed by atoms with Gasteiger partial charge in [-0.3, -0.25) is 0 Å². The summed E-state index contributed by atoms with van der Waals surface area (Å²) in [5.41, 5.74) is 3.36. The van der Waals surface area contributed by atoms with Gasteiger partial charge in [0, 0.05) is 6.42 Å². The molecule has 1 atom stereocenters. The lowest BCUT2D eigenvalue weighted by Gasteiger charge is -2.20. The molecule has 112 valence electrons. The molecule has 2 nitrogen and oxygen atoms in total. The van der Waals surface area contributed by atoms with Crippen molar-refractivity contribution in [2.75, 3.05) is 7.11 Å². The molecule has 0 amide bonds. The first-order valence-electron chi connectivity index (χ1n) is 7.32. The smallest absolute Gasteiger partial charge is 0.122 e. The lowest BCUT2D eigenvalue weighted by atomic mass is 9.86. The highest BCUT2D eigenvalue weighted by Gasteiger charge is 2.15. The Morgan fingerprint density at radius 3 is 2.19 bits per heavy atom. The zero-order valence-electron chi connectivity index (χ0n) is 13.3. The SMILES string of the molecule is COc1ccccc1CC(O)c1ccc(C(C)(C)C)cc1. The van der Waals surface area contributed by atoms with Crippen LogP contribution in [-0.2, 0) is 11.8 Å². The average molecular weight is 284 g/mol. The molecule has 1 unspecified atom stereocenters. The predicted molar refractivity (Wildman–Crippen MR) is 86.8 cm³/mol. The third kappa shape index (κ3) is 3.85. The molecule has 21 heavy (non-hydrogen) atoms. The van der Waals surface area contributed by atoms with E-state index in [0.29, 0.717) is 6.42 Å². The van der Waals surface area contributed by atoms with Crippen molar-refractivity contribution in [3.63, 3.8) is 0 Å². The van der Waals surface area contributed by atoms with E-state index in [0.717, 1.165) is 16.9 Å². The third-order valence-corrected chi connectivity index (χ3v) is 3.77. The summed E-state index contributed by atoms with van der Waals surface area (Å²) in [6, 6.07) is 16.0. The van der Waals surface area contributed by atoms with E-state index in [-0.39, 0.29) is 5.41 Å². The molecule has 0 aliphatic heterocycles. The summed E-state index contributed by atoms with van der Waals surface area (Å²) in [5.74, 6) is 0.822. The highest BCUT2D eigenvalue weighted by atomic mass is 16.5. The molecule has 0 aromatic heterocycles. The molecular weight excluding hydrogens is 260 g/mol. The van der Waals surface area contributed by atoms with Crippen LogP contribution in [0.3, 0.4) is 0 Å². The van der Waals surface area contributed by atoms with E-state index in [2.05, 4.69) is 32.9 Å². The Hall–Kier alpha value is -1.80. The van der Waals surface area contributed by atoms with Gasteiger partial charge in [-0.1, -0.05) is 63.2 Å². The van der Waals surface area contributed by atoms with Crippen molar-refractivity contribution in [1.29, 1.82) is 0 Å². The molecule has 0 heterocycles. The zero-order valence-corrected chi connectivity index (χ0v) is 13.3. The topological polar surface area (TPSA) is 29.5 Å². The summed E-state index contributed by atoms with van der Waals surface area (Å²) in [7, 11) is 1.66. The average Bonchev–Trinajstić information content (AvgIpc) is 2.47. The number of benzene rings is 2. The molecule has 2 heteroatoms. The standard InChI is InChI=1S/C19H24O2/c1-19(2,3)16-11-9-14(10-12-16)17(20)13-15-7-5-6-8-18(15)21-4/h5-12,17,20H,13H2,1-4H3. The highest BCUT2D eigenvalue weighted by Crippen LogP contribution is 2.27. The van der Waals surface area contributed by atoms with Gasteiger partial charge in [0.05, 0.1) is 13.2 Å². The third-order valence-electron chi connectivity index (χ3n) is 3.77. The van der Waals surface area contributed by atoms with Gasteiger partial charge in [-0.25, -0.2) is 0 Å². The Morgan fingerprint density at radius 2 is 1.62 bits per heavy atom. The second kappa shape index (κ2) is 6.31. The molecule has 2 aromatic carbocycles. The van der Waals surface area contributed by atoms with Crippen LogP contribution in [0, 0.1) is 0 Å². The van der Waals surface area contributed by atoms with Crippen molar-refractivity contribution in [1.82, 2.24) is 0 Å². The first-order chi connectivity index (χ1) is 9.91. The summed E-state index contributed by atoms with van der Waals surface area (Å²) in [4.78, 5) is 0. The van der Waals surface area contributed by atoms with Gasteiger partial charge in [0.25, 0.3) is 0 Å². The van der Waals surface area contributed by atoms with Crippen LogP contribution in [0.4, 0.5) is 0 Å². The number of aliphatic hydroxyl groups is 1. The second-order valence-corrected chi connectivity index (χ2v) is 6.40. The second-order valence-electron chi connectivity index (χ2n) is 6.40. The zero-order chi connectivity index (χ0) is 15.5. The summed E-state index contributed by atoms with van der Waals surface area (Å²) < 4.78 is 5.33. The fraction of sp³-hybridized carbons (Fsp3) is 0.368. The molecule has 0 fully saturated rings. The molecule has 0 spiro atoms. The molecule has 1 N–H and O–H groups in total. The Balaban J connectivity index is 2.15. The van der Waals surface area contributed by atoms with Crippen molar-refractivity contribution in [3.05, 3.63) is 65.2 Å². The Morgan fingerprint density at radius 1 is 1.00 bits per heavy atom. The van der Waals surface area contributed by atoms with E-state index in [9.17, 15) is 5.11 Å². The van der Waals surface area contributed by atoms with E-state index in [4.69, 9.17) is 4.74 Å². The van der Waals surface area contributed by atoms with Gasteiger partial charge in [-0.15, -0.1) is 0 Å². The summed E-state index contributed by atoms with van der Waals surface area (Å²) >= 11 is 0. The molecular formula is C19H24O2. The van der Waals surface area contributed by atoms with Crippen LogP contribution in [-0.4, -0.2) is 12.2 Å². The Kier molecular flexibility index (Phi) is 4.69. The normalized spacial score (nSPS) is 13.0. The lowest BCUT2D eigenvalue weighted by molar-refractivity contribution is 0.177. The summed E-state index contributed by atoms with van der Waals surface area (Å²) in [6.45, 7) is 6.56. The summed E-state index contributed by atoms with van der Waals surface area (Å²) in [5, 5.41) is 10.4. The monoisotopic (exact) mass is 284 g/mol. The highest BCUT2D eigenvalue weighted by molar-refractivity contribution is 5.35. The molecule has 0 radical (unpaired) electrons. The minimum Gasteiger partial charge on any atom is -0.496 e. The molecule has 2 aromatic rings. The number of ether oxygens (including phenoxy) is 1. The predicted octanol–water partition coefficient (Wildman–Crippen LogP) is 4.27. The quantitative estimate of drug-likeness (QED) is 0.908. The van der Waals surface area contributed by atoms with Crippen LogP contribution < -0.4 is 4.74 Å². The molecule has 0 aliphatic rings. The van der Waals surface area contributed by atoms with Crippen LogP contribution >= 0.6 is 0 Å². The van der Waals surface area contributed by atoms with Crippen LogP contribution in [0.15, 0.2) is 48.5 Å². The van der Waals surface area contributed by atoms with E-state index in [1.54, 1.807) is 7.11 Å². The van der Waals surface area contributed by atoms with Crippen molar-refractivity contribution in [2.45, 2.75) is 38.7 Å².